The zero-order valence-corrected chi connectivity index (χ0v) is 9.85. The maximum atomic E-state index is 13.3. The number of nitrogens with two attached hydrogens (primary N) is 1. The summed E-state index contributed by atoms with van der Waals surface area (Å²) < 4.78 is 13.9. The second-order valence-electron chi connectivity index (χ2n) is 4.12. The first kappa shape index (κ1) is 10.9. The highest BCUT2D eigenvalue weighted by Crippen LogP contribution is 2.44. The molecule has 4 heteroatoms. The van der Waals surface area contributed by atoms with Crippen LogP contribution in [0.25, 0.3) is 0 Å². The van der Waals surface area contributed by atoms with Gasteiger partial charge in [-0.1, -0.05) is 28.8 Å². The Bertz CT molecular complexity index is 388. The molecule has 0 aliphatic heterocycles. The summed E-state index contributed by atoms with van der Waals surface area (Å²) in [5.41, 5.74) is 6.13. The number of halogens is 2. The standard InChI is InChI=1S/C11H13BrFNO/c12-7-3-4-8(13)10(15)9(7)11(14)5-1-2-6-11/h3-4,15H,1-2,5-6,14H2. The molecule has 0 heterocycles. The van der Waals surface area contributed by atoms with Gasteiger partial charge in [0.1, 0.15) is 0 Å². The molecule has 1 aromatic rings. The molecular formula is C11H13BrFNO. The molecule has 1 aliphatic carbocycles. The van der Waals surface area contributed by atoms with Crippen molar-refractivity contribution in [1.29, 1.82) is 0 Å². The highest BCUT2D eigenvalue weighted by Gasteiger charge is 2.36. The molecule has 0 bridgehead atoms. The number of benzene rings is 1. The summed E-state index contributed by atoms with van der Waals surface area (Å²) in [5, 5.41) is 9.72. The molecule has 0 atom stereocenters. The van der Waals surface area contributed by atoms with Crippen LogP contribution < -0.4 is 5.73 Å². The molecule has 0 spiro atoms. The quantitative estimate of drug-likeness (QED) is 0.826. The molecule has 3 N–H and O–H groups in total. The van der Waals surface area contributed by atoms with E-state index >= 15 is 0 Å². The molecule has 1 aromatic carbocycles. The second-order valence-corrected chi connectivity index (χ2v) is 4.97. The molecule has 1 fully saturated rings. The van der Waals surface area contributed by atoms with E-state index in [0.29, 0.717) is 10.0 Å². The summed E-state index contributed by atoms with van der Waals surface area (Å²) in [4.78, 5) is 0. The van der Waals surface area contributed by atoms with Crippen molar-refractivity contribution < 1.29 is 9.50 Å². The maximum Gasteiger partial charge on any atom is 0.165 e. The normalized spacial score (nSPS) is 19.4. The molecule has 1 saturated carbocycles. The van der Waals surface area contributed by atoms with E-state index in [0.717, 1.165) is 25.7 Å². The van der Waals surface area contributed by atoms with Crippen molar-refractivity contribution in [2.45, 2.75) is 31.2 Å². The van der Waals surface area contributed by atoms with Crippen LogP contribution in [0.5, 0.6) is 5.75 Å². The van der Waals surface area contributed by atoms with Crippen LogP contribution in [0.3, 0.4) is 0 Å². The van der Waals surface area contributed by atoms with Crippen LogP contribution in [0.2, 0.25) is 0 Å². The number of rotatable bonds is 1. The number of aromatic hydroxyl groups is 1. The topological polar surface area (TPSA) is 46.2 Å². The van der Waals surface area contributed by atoms with Crippen LogP contribution in [0.15, 0.2) is 16.6 Å². The zero-order chi connectivity index (χ0) is 11.1. The van der Waals surface area contributed by atoms with Crippen molar-refractivity contribution in [3.05, 3.63) is 28.0 Å². The van der Waals surface area contributed by atoms with Gasteiger partial charge >= 0.3 is 0 Å². The molecule has 0 saturated heterocycles. The third-order valence-corrected chi connectivity index (χ3v) is 3.73. The van der Waals surface area contributed by atoms with Crippen molar-refractivity contribution in [3.8, 4) is 5.75 Å². The first-order chi connectivity index (χ1) is 7.04. The Labute approximate surface area is 96.4 Å². The second kappa shape index (κ2) is 3.76. The van der Waals surface area contributed by atoms with Gasteiger partial charge in [-0.3, -0.25) is 0 Å². The lowest BCUT2D eigenvalue weighted by atomic mass is 9.88. The van der Waals surface area contributed by atoms with Gasteiger partial charge in [-0.2, -0.15) is 0 Å². The largest absolute Gasteiger partial charge is 0.505 e. The van der Waals surface area contributed by atoms with Gasteiger partial charge in [-0.15, -0.1) is 0 Å². The van der Waals surface area contributed by atoms with Crippen molar-refractivity contribution in [2.75, 3.05) is 0 Å². The first-order valence-electron chi connectivity index (χ1n) is 5.01. The fraction of sp³-hybridized carbons (Fsp3) is 0.455. The van der Waals surface area contributed by atoms with Gasteiger partial charge in [0.2, 0.25) is 0 Å². The molecule has 15 heavy (non-hydrogen) atoms. The first-order valence-corrected chi connectivity index (χ1v) is 5.80. The van der Waals surface area contributed by atoms with Crippen LogP contribution in [0.1, 0.15) is 31.2 Å². The molecule has 0 amide bonds. The SMILES string of the molecule is NC1(c2c(Br)ccc(F)c2O)CCCC1. The Morgan fingerprint density at radius 2 is 1.93 bits per heavy atom. The van der Waals surface area contributed by atoms with Gasteiger partial charge in [0, 0.05) is 15.6 Å². The highest BCUT2D eigenvalue weighted by molar-refractivity contribution is 9.10. The predicted molar refractivity (Wildman–Crippen MR) is 60.1 cm³/mol. The fourth-order valence-corrected chi connectivity index (χ4v) is 2.99. The lowest BCUT2D eigenvalue weighted by Gasteiger charge is -2.26. The van der Waals surface area contributed by atoms with Crippen LogP contribution in [-0.4, -0.2) is 5.11 Å². The predicted octanol–water partition coefficient (Wildman–Crippen LogP) is 3.02. The Balaban J connectivity index is 2.55. The van der Waals surface area contributed by atoms with Gasteiger partial charge < -0.3 is 10.8 Å². The lowest BCUT2D eigenvalue weighted by Crippen LogP contribution is -2.33. The van der Waals surface area contributed by atoms with E-state index in [1.807, 2.05) is 0 Å². The molecule has 0 aromatic heterocycles. The van der Waals surface area contributed by atoms with E-state index in [2.05, 4.69) is 15.9 Å². The maximum absolute atomic E-state index is 13.3. The molecule has 2 nitrogen and oxygen atoms in total. The van der Waals surface area contributed by atoms with Crippen molar-refractivity contribution in [2.24, 2.45) is 5.73 Å². The summed E-state index contributed by atoms with van der Waals surface area (Å²) in [5.74, 6) is -0.918. The molecular weight excluding hydrogens is 261 g/mol. The Morgan fingerprint density at radius 1 is 1.33 bits per heavy atom. The average Bonchev–Trinajstić information content (AvgIpc) is 2.60. The van der Waals surface area contributed by atoms with E-state index in [-0.39, 0.29) is 5.75 Å². The lowest BCUT2D eigenvalue weighted by molar-refractivity contribution is 0.384. The summed E-state index contributed by atoms with van der Waals surface area (Å²) in [6, 6.07) is 2.83. The molecule has 82 valence electrons. The van der Waals surface area contributed by atoms with E-state index in [1.54, 1.807) is 6.07 Å². The van der Waals surface area contributed by atoms with Crippen LogP contribution >= 0.6 is 15.9 Å². The third kappa shape index (κ3) is 1.76. The van der Waals surface area contributed by atoms with E-state index < -0.39 is 11.4 Å². The number of hydrogen-bond acceptors (Lipinski definition) is 2. The molecule has 0 unspecified atom stereocenters. The van der Waals surface area contributed by atoms with E-state index in [4.69, 9.17) is 5.73 Å². The van der Waals surface area contributed by atoms with Gasteiger partial charge in [0.25, 0.3) is 0 Å². The summed E-state index contributed by atoms with van der Waals surface area (Å²) in [6.07, 6.45) is 3.64. The Hall–Kier alpha value is -0.610. The van der Waals surface area contributed by atoms with Crippen LogP contribution in [0.4, 0.5) is 4.39 Å². The summed E-state index contributed by atoms with van der Waals surface area (Å²) >= 11 is 3.32. The smallest absolute Gasteiger partial charge is 0.165 e. The minimum atomic E-state index is -0.607. The Kier molecular flexibility index (Phi) is 2.73. The van der Waals surface area contributed by atoms with E-state index in [9.17, 15) is 9.50 Å². The zero-order valence-electron chi connectivity index (χ0n) is 8.26. The summed E-state index contributed by atoms with van der Waals surface area (Å²) in [6.45, 7) is 0. The van der Waals surface area contributed by atoms with Gasteiger partial charge in [-0.25, -0.2) is 4.39 Å². The minimum absolute atomic E-state index is 0.311. The molecule has 1 aliphatic rings. The molecule has 0 radical (unpaired) electrons. The Morgan fingerprint density at radius 3 is 2.53 bits per heavy atom. The van der Waals surface area contributed by atoms with Crippen LogP contribution in [0, 0.1) is 5.82 Å². The van der Waals surface area contributed by atoms with Crippen molar-refractivity contribution in [3.63, 3.8) is 0 Å². The molecule has 2 rings (SSSR count). The number of phenols is 1. The average molecular weight is 274 g/mol. The number of phenolic OH excluding ortho intramolecular Hbond substituents is 1. The van der Waals surface area contributed by atoms with Crippen molar-refractivity contribution >= 4 is 15.9 Å². The minimum Gasteiger partial charge on any atom is -0.505 e. The van der Waals surface area contributed by atoms with Gasteiger partial charge in [0.05, 0.1) is 0 Å². The van der Waals surface area contributed by atoms with Crippen LogP contribution in [-0.2, 0) is 5.54 Å². The fourth-order valence-electron chi connectivity index (χ4n) is 2.27. The monoisotopic (exact) mass is 273 g/mol. The number of hydrogen-bond donors (Lipinski definition) is 2. The summed E-state index contributed by atoms with van der Waals surface area (Å²) in [7, 11) is 0. The van der Waals surface area contributed by atoms with Gasteiger partial charge in [0.15, 0.2) is 11.6 Å². The van der Waals surface area contributed by atoms with E-state index in [1.165, 1.54) is 6.07 Å². The van der Waals surface area contributed by atoms with Gasteiger partial charge in [-0.05, 0) is 25.0 Å². The highest BCUT2D eigenvalue weighted by atomic mass is 79.9. The van der Waals surface area contributed by atoms with Crippen molar-refractivity contribution in [1.82, 2.24) is 0 Å². The third-order valence-electron chi connectivity index (χ3n) is 3.07.